The largest absolute Gasteiger partial charge is 0.489 e. The Balaban J connectivity index is 1.67. The van der Waals surface area contributed by atoms with Crippen LogP contribution in [0.3, 0.4) is 0 Å². The number of hydrogen-bond donors (Lipinski definition) is 1. The predicted molar refractivity (Wildman–Crippen MR) is 110 cm³/mol. The van der Waals surface area contributed by atoms with Crippen molar-refractivity contribution in [1.29, 1.82) is 15.8 Å². The van der Waals surface area contributed by atoms with Crippen LogP contribution in [-0.2, 0) is 6.61 Å². The fourth-order valence-electron chi connectivity index (χ4n) is 2.66. The van der Waals surface area contributed by atoms with Crippen LogP contribution < -0.4 is 10.1 Å². The lowest BCUT2D eigenvalue weighted by atomic mass is 10.1. The second-order valence-electron chi connectivity index (χ2n) is 6.09. The second kappa shape index (κ2) is 9.42. The van der Waals surface area contributed by atoms with Gasteiger partial charge in [0.25, 0.3) is 0 Å². The number of nitrogens with one attached hydrogen (secondary N) is 1. The molecule has 1 N–H and O–H groups in total. The average Bonchev–Trinajstić information content (AvgIpc) is 2.79. The van der Waals surface area contributed by atoms with Crippen LogP contribution in [0.5, 0.6) is 5.75 Å². The van der Waals surface area contributed by atoms with E-state index in [-0.39, 0.29) is 11.3 Å². The number of benzene rings is 3. The number of rotatable bonds is 6. The van der Waals surface area contributed by atoms with Crippen molar-refractivity contribution in [2.24, 2.45) is 0 Å². The molecule has 3 aromatic carbocycles. The van der Waals surface area contributed by atoms with Gasteiger partial charge in [-0.25, -0.2) is 0 Å². The SMILES string of the molecule is N#CC(C#N)=C(C#N)Nc1ccc(-c2ccc(OCc3ccccc3)cc2)cc1. The van der Waals surface area contributed by atoms with E-state index in [0.717, 1.165) is 22.4 Å². The normalized spacial score (nSPS) is 9.41. The summed E-state index contributed by atoms with van der Waals surface area (Å²) in [6.07, 6.45) is 0. The Morgan fingerprint density at radius 3 is 1.86 bits per heavy atom. The number of allylic oxidation sites excluding steroid dienone is 2. The summed E-state index contributed by atoms with van der Waals surface area (Å²) in [5.41, 5.74) is 3.44. The molecule has 3 rings (SSSR count). The van der Waals surface area contributed by atoms with Gasteiger partial charge >= 0.3 is 0 Å². The van der Waals surface area contributed by atoms with Crippen LogP contribution in [-0.4, -0.2) is 0 Å². The van der Waals surface area contributed by atoms with Crippen molar-refractivity contribution < 1.29 is 4.74 Å². The number of hydrogen-bond acceptors (Lipinski definition) is 5. The van der Waals surface area contributed by atoms with Gasteiger partial charge in [-0.05, 0) is 41.0 Å². The first-order valence-corrected chi connectivity index (χ1v) is 8.82. The Morgan fingerprint density at radius 2 is 1.31 bits per heavy atom. The fraction of sp³-hybridized carbons (Fsp3) is 0.0417. The van der Waals surface area contributed by atoms with Gasteiger partial charge in [0.05, 0.1) is 0 Å². The molecule has 0 saturated carbocycles. The molecular formula is C24H16N4O. The first-order valence-electron chi connectivity index (χ1n) is 8.82. The fourth-order valence-corrected chi connectivity index (χ4v) is 2.66. The number of nitriles is 3. The van der Waals surface area contributed by atoms with Crippen LogP contribution in [0.4, 0.5) is 5.69 Å². The number of ether oxygens (including phenoxy) is 1. The van der Waals surface area contributed by atoms with E-state index in [4.69, 9.17) is 20.5 Å². The lowest BCUT2D eigenvalue weighted by Crippen LogP contribution is -2.00. The van der Waals surface area contributed by atoms with Gasteiger partial charge in [-0.3, -0.25) is 0 Å². The van der Waals surface area contributed by atoms with Gasteiger partial charge in [0.2, 0.25) is 0 Å². The smallest absolute Gasteiger partial charge is 0.163 e. The van der Waals surface area contributed by atoms with E-state index in [1.807, 2.05) is 72.8 Å². The van der Waals surface area contributed by atoms with E-state index in [2.05, 4.69) is 5.32 Å². The standard InChI is InChI=1S/C24H16N4O/c25-14-21(15-26)24(16-27)28-22-10-6-19(7-11-22)20-8-12-23(13-9-20)29-17-18-4-2-1-3-5-18/h1-13,28H,17H2. The zero-order valence-corrected chi connectivity index (χ0v) is 15.5. The van der Waals surface area contributed by atoms with Crippen molar-refractivity contribution in [2.45, 2.75) is 6.61 Å². The van der Waals surface area contributed by atoms with Gasteiger partial charge in [0.15, 0.2) is 5.57 Å². The van der Waals surface area contributed by atoms with Crippen molar-refractivity contribution in [2.75, 3.05) is 5.32 Å². The molecule has 0 spiro atoms. The molecule has 0 heterocycles. The molecule has 0 unspecified atom stereocenters. The average molecular weight is 376 g/mol. The summed E-state index contributed by atoms with van der Waals surface area (Å²) >= 11 is 0. The van der Waals surface area contributed by atoms with Crippen LogP contribution in [0.2, 0.25) is 0 Å². The third-order valence-corrected chi connectivity index (χ3v) is 4.18. The molecule has 3 aromatic rings. The molecule has 0 aliphatic heterocycles. The molecule has 5 nitrogen and oxygen atoms in total. The Morgan fingerprint density at radius 1 is 0.724 bits per heavy atom. The summed E-state index contributed by atoms with van der Waals surface area (Å²) in [6, 6.07) is 30.4. The Kier molecular flexibility index (Phi) is 6.25. The maximum Gasteiger partial charge on any atom is 0.163 e. The molecule has 0 atom stereocenters. The first-order chi connectivity index (χ1) is 14.2. The minimum atomic E-state index is -0.248. The molecule has 138 valence electrons. The zero-order chi connectivity index (χ0) is 20.5. The van der Waals surface area contributed by atoms with Gasteiger partial charge < -0.3 is 10.1 Å². The van der Waals surface area contributed by atoms with E-state index in [1.165, 1.54) is 0 Å². The molecule has 0 radical (unpaired) electrons. The molecule has 0 bridgehead atoms. The highest BCUT2D eigenvalue weighted by molar-refractivity contribution is 5.68. The van der Waals surface area contributed by atoms with Crippen molar-refractivity contribution >= 4 is 5.69 Å². The van der Waals surface area contributed by atoms with Gasteiger partial charge in [-0.1, -0.05) is 54.6 Å². The van der Waals surface area contributed by atoms with E-state index in [9.17, 15) is 0 Å². The molecule has 29 heavy (non-hydrogen) atoms. The lowest BCUT2D eigenvalue weighted by Gasteiger charge is -2.09. The molecule has 5 heteroatoms. The maximum atomic E-state index is 9.11. The Bertz CT molecular complexity index is 1110. The molecular weight excluding hydrogens is 360 g/mol. The van der Waals surface area contributed by atoms with Gasteiger partial charge in [-0.2, -0.15) is 15.8 Å². The number of nitrogens with zero attached hydrogens (tertiary/aromatic N) is 3. The van der Waals surface area contributed by atoms with Crippen LogP contribution >= 0.6 is 0 Å². The highest BCUT2D eigenvalue weighted by Gasteiger charge is 2.06. The van der Waals surface area contributed by atoms with Crippen LogP contribution in [0.25, 0.3) is 11.1 Å². The molecule has 0 amide bonds. The van der Waals surface area contributed by atoms with Crippen molar-refractivity contribution in [3.05, 3.63) is 95.7 Å². The summed E-state index contributed by atoms with van der Waals surface area (Å²) in [5, 5.41) is 29.7. The third-order valence-electron chi connectivity index (χ3n) is 4.18. The summed E-state index contributed by atoms with van der Waals surface area (Å²) in [6.45, 7) is 0.517. The van der Waals surface area contributed by atoms with Gasteiger partial charge in [-0.15, -0.1) is 0 Å². The van der Waals surface area contributed by atoms with Crippen molar-refractivity contribution in [3.63, 3.8) is 0 Å². The molecule has 0 aliphatic rings. The maximum absolute atomic E-state index is 9.11. The minimum Gasteiger partial charge on any atom is -0.489 e. The van der Waals surface area contributed by atoms with Crippen molar-refractivity contribution in [1.82, 2.24) is 0 Å². The summed E-state index contributed by atoms with van der Waals surface area (Å²) in [5.74, 6) is 0.792. The van der Waals surface area contributed by atoms with Crippen LogP contribution in [0, 0.1) is 34.0 Å². The van der Waals surface area contributed by atoms with Gasteiger partial charge in [0.1, 0.15) is 36.3 Å². The molecule has 0 saturated heterocycles. The van der Waals surface area contributed by atoms with Crippen LogP contribution in [0.1, 0.15) is 5.56 Å². The van der Waals surface area contributed by atoms with Crippen LogP contribution in [0.15, 0.2) is 90.1 Å². The van der Waals surface area contributed by atoms with E-state index in [0.29, 0.717) is 12.3 Å². The molecule has 0 aromatic heterocycles. The summed E-state index contributed by atoms with van der Waals surface area (Å²) in [7, 11) is 0. The van der Waals surface area contributed by atoms with E-state index < -0.39 is 0 Å². The topological polar surface area (TPSA) is 92.6 Å². The van der Waals surface area contributed by atoms with Gasteiger partial charge in [0, 0.05) is 5.69 Å². The Labute approximate surface area is 169 Å². The van der Waals surface area contributed by atoms with E-state index in [1.54, 1.807) is 24.3 Å². The summed E-state index contributed by atoms with van der Waals surface area (Å²) in [4.78, 5) is 0. The highest BCUT2D eigenvalue weighted by Crippen LogP contribution is 2.25. The zero-order valence-electron chi connectivity index (χ0n) is 15.5. The molecule has 0 fully saturated rings. The first kappa shape index (κ1) is 19.2. The second-order valence-corrected chi connectivity index (χ2v) is 6.09. The predicted octanol–water partition coefficient (Wildman–Crippen LogP) is 5.17. The molecule has 0 aliphatic carbocycles. The number of anilines is 1. The Hall–Kier alpha value is -4.53. The monoisotopic (exact) mass is 376 g/mol. The quantitative estimate of drug-likeness (QED) is 0.599. The summed E-state index contributed by atoms with van der Waals surface area (Å²) < 4.78 is 5.80. The third kappa shape index (κ3) is 5.01. The lowest BCUT2D eigenvalue weighted by molar-refractivity contribution is 0.306. The van der Waals surface area contributed by atoms with Crippen molar-refractivity contribution in [3.8, 4) is 35.1 Å². The highest BCUT2D eigenvalue weighted by atomic mass is 16.5. The minimum absolute atomic E-state index is 0.0670. The van der Waals surface area contributed by atoms with E-state index >= 15 is 0 Å².